The number of piperazine rings is 2. The van der Waals surface area contributed by atoms with Gasteiger partial charge < -0.3 is 19.9 Å². The average molecular weight is 454 g/mol. The van der Waals surface area contributed by atoms with E-state index in [1.54, 1.807) is 0 Å². The number of hydrogen-bond donors (Lipinski definition) is 1. The summed E-state index contributed by atoms with van der Waals surface area (Å²) in [6, 6.07) is 7.58. The molecule has 1 aromatic rings. The number of nitrogens with zero attached hydrogens (tertiary/aromatic N) is 3. The first-order chi connectivity index (χ1) is 12.7. The summed E-state index contributed by atoms with van der Waals surface area (Å²) in [6.07, 6.45) is 0.635. The van der Waals surface area contributed by atoms with Gasteiger partial charge in [0.1, 0.15) is 12.4 Å². The molecule has 6 nitrogen and oxygen atoms in total. The molecule has 160 valence electrons. The Balaban J connectivity index is 0.00000196. The van der Waals surface area contributed by atoms with Gasteiger partial charge in [-0.1, -0.05) is 23.7 Å². The fourth-order valence-electron chi connectivity index (χ4n) is 3.41. The van der Waals surface area contributed by atoms with Gasteiger partial charge in [-0.05, 0) is 12.1 Å². The van der Waals surface area contributed by atoms with Crippen molar-refractivity contribution in [3.8, 4) is 5.75 Å². The number of benzene rings is 1. The standard InChI is InChI=1S/C19H29ClN4O2.2ClH/c20-17-3-1-2-4-18(17)26-16-15-23-13-11-22(12-14-23)8-5-19(25)24-9-6-21-7-10-24;;/h1-4,21H,5-16H2;2*1H. The second-order valence-electron chi connectivity index (χ2n) is 6.84. The van der Waals surface area contributed by atoms with Crippen LogP contribution in [0.3, 0.4) is 0 Å². The number of carbonyl (C=O) groups is 1. The second kappa shape index (κ2) is 13.5. The first-order valence-electron chi connectivity index (χ1n) is 9.53. The van der Waals surface area contributed by atoms with Gasteiger partial charge >= 0.3 is 0 Å². The van der Waals surface area contributed by atoms with Crippen LogP contribution in [0, 0.1) is 0 Å². The summed E-state index contributed by atoms with van der Waals surface area (Å²) >= 11 is 6.10. The van der Waals surface area contributed by atoms with Gasteiger partial charge in [-0.25, -0.2) is 0 Å². The first kappa shape index (κ1) is 25.3. The van der Waals surface area contributed by atoms with Crippen LogP contribution in [0.25, 0.3) is 0 Å². The maximum Gasteiger partial charge on any atom is 0.223 e. The van der Waals surface area contributed by atoms with Gasteiger partial charge in [0, 0.05) is 71.9 Å². The monoisotopic (exact) mass is 452 g/mol. The normalized spacial score (nSPS) is 18.1. The molecule has 2 saturated heterocycles. The van der Waals surface area contributed by atoms with E-state index in [1.165, 1.54) is 0 Å². The summed E-state index contributed by atoms with van der Waals surface area (Å²) in [5.74, 6) is 1.04. The zero-order chi connectivity index (χ0) is 18.2. The van der Waals surface area contributed by atoms with Gasteiger partial charge in [0.2, 0.25) is 5.91 Å². The van der Waals surface area contributed by atoms with E-state index in [1.807, 2.05) is 29.2 Å². The molecule has 0 bridgehead atoms. The van der Waals surface area contributed by atoms with E-state index in [-0.39, 0.29) is 24.8 Å². The molecule has 0 aliphatic carbocycles. The van der Waals surface area contributed by atoms with Crippen LogP contribution < -0.4 is 10.1 Å². The molecule has 1 aromatic carbocycles. The van der Waals surface area contributed by atoms with Crippen molar-refractivity contribution in [3.63, 3.8) is 0 Å². The molecule has 2 aliphatic heterocycles. The molecule has 0 saturated carbocycles. The number of nitrogens with one attached hydrogen (secondary N) is 1. The van der Waals surface area contributed by atoms with E-state index >= 15 is 0 Å². The molecule has 3 rings (SSSR count). The van der Waals surface area contributed by atoms with Gasteiger partial charge in [-0.3, -0.25) is 9.69 Å². The van der Waals surface area contributed by atoms with E-state index in [9.17, 15) is 4.79 Å². The average Bonchev–Trinajstić information content (AvgIpc) is 2.69. The van der Waals surface area contributed by atoms with E-state index in [2.05, 4.69) is 15.1 Å². The molecule has 1 amide bonds. The minimum atomic E-state index is 0. The summed E-state index contributed by atoms with van der Waals surface area (Å²) in [6.45, 7) is 10.0. The van der Waals surface area contributed by atoms with E-state index in [0.717, 1.165) is 71.2 Å². The van der Waals surface area contributed by atoms with Crippen LogP contribution in [-0.4, -0.2) is 92.7 Å². The van der Waals surface area contributed by atoms with Crippen molar-refractivity contribution in [2.45, 2.75) is 6.42 Å². The van der Waals surface area contributed by atoms with Crippen LogP contribution in [-0.2, 0) is 4.79 Å². The van der Waals surface area contributed by atoms with Crippen molar-refractivity contribution in [2.75, 3.05) is 72.1 Å². The van der Waals surface area contributed by atoms with Crippen molar-refractivity contribution in [3.05, 3.63) is 29.3 Å². The topological polar surface area (TPSA) is 48.1 Å². The number of rotatable bonds is 7. The molecule has 0 radical (unpaired) electrons. The number of carbonyl (C=O) groups excluding carboxylic acids is 1. The molecule has 9 heteroatoms. The Kier molecular flexibility index (Phi) is 12.2. The smallest absolute Gasteiger partial charge is 0.223 e. The van der Waals surface area contributed by atoms with Crippen molar-refractivity contribution >= 4 is 42.3 Å². The van der Waals surface area contributed by atoms with Gasteiger partial charge in [0.05, 0.1) is 5.02 Å². The van der Waals surface area contributed by atoms with Crippen molar-refractivity contribution in [2.24, 2.45) is 0 Å². The quantitative estimate of drug-likeness (QED) is 0.684. The summed E-state index contributed by atoms with van der Waals surface area (Å²) in [5.41, 5.74) is 0. The first-order valence-corrected chi connectivity index (χ1v) is 9.91. The highest BCUT2D eigenvalue weighted by Gasteiger charge is 2.20. The number of hydrogen-bond acceptors (Lipinski definition) is 5. The Labute approximate surface area is 185 Å². The fraction of sp³-hybridized carbons (Fsp3) is 0.632. The van der Waals surface area contributed by atoms with Gasteiger partial charge in [0.25, 0.3) is 0 Å². The van der Waals surface area contributed by atoms with Gasteiger partial charge in [-0.15, -0.1) is 24.8 Å². The number of para-hydroxylation sites is 1. The molecule has 2 fully saturated rings. The molecule has 28 heavy (non-hydrogen) atoms. The molecule has 0 spiro atoms. The summed E-state index contributed by atoms with van der Waals surface area (Å²) < 4.78 is 5.77. The predicted molar refractivity (Wildman–Crippen MR) is 118 cm³/mol. The highest BCUT2D eigenvalue weighted by Crippen LogP contribution is 2.22. The highest BCUT2D eigenvalue weighted by molar-refractivity contribution is 6.32. The molecule has 2 aliphatic rings. The molecule has 0 atom stereocenters. The van der Waals surface area contributed by atoms with Crippen molar-refractivity contribution < 1.29 is 9.53 Å². The largest absolute Gasteiger partial charge is 0.491 e. The summed E-state index contributed by atoms with van der Waals surface area (Å²) in [4.78, 5) is 19.0. The third-order valence-electron chi connectivity index (χ3n) is 5.08. The minimum absolute atomic E-state index is 0. The highest BCUT2D eigenvalue weighted by atomic mass is 35.5. The van der Waals surface area contributed by atoms with Gasteiger partial charge in [0.15, 0.2) is 0 Å². The Morgan fingerprint density at radius 2 is 1.57 bits per heavy atom. The predicted octanol–water partition coefficient (Wildman–Crippen LogP) is 2.00. The Hall–Kier alpha value is -0.760. The zero-order valence-corrected chi connectivity index (χ0v) is 18.5. The molecule has 0 unspecified atom stereocenters. The SMILES string of the molecule is Cl.Cl.O=C(CCN1CCN(CCOc2ccccc2Cl)CC1)N1CCNCC1. The van der Waals surface area contributed by atoms with Crippen LogP contribution in [0.5, 0.6) is 5.75 Å². The van der Waals surface area contributed by atoms with Crippen molar-refractivity contribution in [1.82, 2.24) is 20.0 Å². The fourth-order valence-corrected chi connectivity index (χ4v) is 3.60. The lowest BCUT2D eigenvalue weighted by atomic mass is 10.2. The van der Waals surface area contributed by atoms with Crippen LogP contribution in [0.1, 0.15) is 6.42 Å². The summed E-state index contributed by atoms with van der Waals surface area (Å²) in [7, 11) is 0. The zero-order valence-electron chi connectivity index (χ0n) is 16.1. The summed E-state index contributed by atoms with van der Waals surface area (Å²) in [5, 5.41) is 3.94. The molecule has 2 heterocycles. The maximum absolute atomic E-state index is 12.2. The lowest BCUT2D eigenvalue weighted by Crippen LogP contribution is -2.49. The Morgan fingerprint density at radius 3 is 2.21 bits per heavy atom. The van der Waals surface area contributed by atoms with E-state index in [4.69, 9.17) is 16.3 Å². The van der Waals surface area contributed by atoms with E-state index < -0.39 is 0 Å². The third-order valence-corrected chi connectivity index (χ3v) is 5.39. The van der Waals surface area contributed by atoms with E-state index in [0.29, 0.717) is 24.0 Å². The van der Waals surface area contributed by atoms with Gasteiger partial charge in [-0.2, -0.15) is 0 Å². The second-order valence-corrected chi connectivity index (χ2v) is 7.25. The lowest BCUT2D eigenvalue weighted by molar-refractivity contribution is -0.132. The van der Waals surface area contributed by atoms with Crippen LogP contribution in [0.4, 0.5) is 0 Å². The minimum Gasteiger partial charge on any atom is -0.491 e. The maximum atomic E-state index is 12.2. The molecular formula is C19H31Cl3N4O2. The van der Waals surface area contributed by atoms with Crippen LogP contribution in [0.2, 0.25) is 5.02 Å². The lowest BCUT2D eigenvalue weighted by Gasteiger charge is -2.35. The van der Waals surface area contributed by atoms with Crippen molar-refractivity contribution in [1.29, 1.82) is 0 Å². The number of ether oxygens (including phenoxy) is 1. The number of halogens is 3. The molecular weight excluding hydrogens is 423 g/mol. The molecule has 1 N–H and O–H groups in total. The van der Waals surface area contributed by atoms with Crippen LogP contribution in [0.15, 0.2) is 24.3 Å². The Bertz CT molecular complexity index is 580. The number of amides is 1. The van der Waals surface area contributed by atoms with Crippen LogP contribution >= 0.6 is 36.4 Å². The molecule has 0 aromatic heterocycles. The third kappa shape index (κ3) is 7.93. The Morgan fingerprint density at radius 1 is 0.964 bits per heavy atom.